The van der Waals surface area contributed by atoms with E-state index in [0.29, 0.717) is 11.5 Å². The number of nitrogens with one attached hydrogen (secondary N) is 1. The van der Waals surface area contributed by atoms with Gasteiger partial charge in [-0.2, -0.15) is 0 Å². The normalized spacial score (nSPS) is 36.9. The second-order valence-corrected chi connectivity index (χ2v) is 6.28. The standard InChI is InChI=1S/C14H25NO/c1-12-13(9-10-13)11-16-14(15-12)7-5-3-2-4-6-8-14/h12,15H,2-11H2,1H3. The molecule has 0 radical (unpaired) electrons. The average molecular weight is 223 g/mol. The van der Waals surface area contributed by atoms with Crippen molar-refractivity contribution in [2.75, 3.05) is 6.61 Å². The lowest BCUT2D eigenvalue weighted by Crippen LogP contribution is -2.60. The molecule has 1 N–H and O–H groups in total. The van der Waals surface area contributed by atoms with Crippen LogP contribution in [0.3, 0.4) is 0 Å². The molecule has 2 saturated carbocycles. The summed E-state index contributed by atoms with van der Waals surface area (Å²) in [6.07, 6.45) is 12.1. The van der Waals surface area contributed by atoms with Gasteiger partial charge in [-0.05, 0) is 45.4 Å². The van der Waals surface area contributed by atoms with E-state index in [0.717, 1.165) is 6.61 Å². The quantitative estimate of drug-likeness (QED) is 0.681. The van der Waals surface area contributed by atoms with Gasteiger partial charge < -0.3 is 4.74 Å². The highest BCUT2D eigenvalue weighted by atomic mass is 16.5. The molecule has 3 aliphatic rings. The van der Waals surface area contributed by atoms with E-state index in [-0.39, 0.29) is 5.72 Å². The van der Waals surface area contributed by atoms with E-state index in [9.17, 15) is 0 Å². The lowest BCUT2D eigenvalue weighted by molar-refractivity contribution is -0.150. The highest BCUT2D eigenvalue weighted by molar-refractivity contribution is 5.05. The minimum Gasteiger partial charge on any atom is -0.360 e. The summed E-state index contributed by atoms with van der Waals surface area (Å²) in [6.45, 7) is 3.39. The van der Waals surface area contributed by atoms with Crippen molar-refractivity contribution in [3.63, 3.8) is 0 Å². The Kier molecular flexibility index (Phi) is 2.75. The molecule has 92 valence electrons. The molecule has 1 unspecified atom stereocenters. The van der Waals surface area contributed by atoms with Gasteiger partial charge in [0.25, 0.3) is 0 Å². The van der Waals surface area contributed by atoms with Gasteiger partial charge in [-0.15, -0.1) is 0 Å². The second kappa shape index (κ2) is 3.99. The van der Waals surface area contributed by atoms with Crippen LogP contribution in [0.2, 0.25) is 0 Å². The van der Waals surface area contributed by atoms with Crippen molar-refractivity contribution in [3.8, 4) is 0 Å². The summed E-state index contributed by atoms with van der Waals surface area (Å²) in [4.78, 5) is 0. The summed E-state index contributed by atoms with van der Waals surface area (Å²) in [5.41, 5.74) is 0.571. The first-order valence-corrected chi connectivity index (χ1v) is 7.17. The molecule has 1 heterocycles. The molecule has 0 amide bonds. The van der Waals surface area contributed by atoms with Gasteiger partial charge in [0.2, 0.25) is 0 Å². The van der Waals surface area contributed by atoms with Crippen LogP contribution >= 0.6 is 0 Å². The first-order valence-electron chi connectivity index (χ1n) is 7.17. The van der Waals surface area contributed by atoms with Crippen LogP contribution < -0.4 is 5.32 Å². The molecule has 2 aliphatic carbocycles. The molecule has 1 saturated heterocycles. The SMILES string of the molecule is CC1NC2(CCCCCCC2)OCC12CC2. The fraction of sp³-hybridized carbons (Fsp3) is 1.00. The Morgan fingerprint density at radius 1 is 0.938 bits per heavy atom. The number of ether oxygens (including phenoxy) is 1. The predicted octanol–water partition coefficient (Wildman–Crippen LogP) is 3.22. The zero-order valence-corrected chi connectivity index (χ0v) is 10.6. The van der Waals surface area contributed by atoms with E-state index in [4.69, 9.17) is 4.74 Å². The Balaban J connectivity index is 1.67. The molecule has 0 aromatic rings. The van der Waals surface area contributed by atoms with Crippen LogP contribution in [-0.4, -0.2) is 18.4 Å². The van der Waals surface area contributed by atoms with Gasteiger partial charge in [0, 0.05) is 11.5 Å². The lowest BCUT2D eigenvalue weighted by Gasteiger charge is -2.46. The maximum Gasteiger partial charge on any atom is 0.119 e. The molecule has 1 atom stereocenters. The van der Waals surface area contributed by atoms with E-state index in [1.807, 2.05) is 0 Å². The van der Waals surface area contributed by atoms with Gasteiger partial charge in [-0.25, -0.2) is 0 Å². The maximum absolute atomic E-state index is 6.28. The van der Waals surface area contributed by atoms with Crippen LogP contribution in [0.1, 0.15) is 64.7 Å². The van der Waals surface area contributed by atoms with Crippen LogP contribution in [0.5, 0.6) is 0 Å². The summed E-state index contributed by atoms with van der Waals surface area (Å²) >= 11 is 0. The van der Waals surface area contributed by atoms with E-state index in [1.165, 1.54) is 57.8 Å². The third kappa shape index (κ3) is 1.91. The number of rotatable bonds is 0. The van der Waals surface area contributed by atoms with Crippen LogP contribution in [0, 0.1) is 5.41 Å². The Labute approximate surface area is 99.1 Å². The highest BCUT2D eigenvalue weighted by Crippen LogP contribution is 2.52. The van der Waals surface area contributed by atoms with Gasteiger partial charge in [-0.1, -0.05) is 19.3 Å². The topological polar surface area (TPSA) is 21.3 Å². The van der Waals surface area contributed by atoms with Crippen LogP contribution in [-0.2, 0) is 4.74 Å². The summed E-state index contributed by atoms with van der Waals surface area (Å²) in [5, 5.41) is 3.83. The van der Waals surface area contributed by atoms with Gasteiger partial charge in [0.15, 0.2) is 0 Å². The zero-order valence-electron chi connectivity index (χ0n) is 10.6. The maximum atomic E-state index is 6.28. The Morgan fingerprint density at radius 2 is 1.56 bits per heavy atom. The minimum absolute atomic E-state index is 0.0493. The molecular weight excluding hydrogens is 198 g/mol. The Bertz CT molecular complexity index is 251. The summed E-state index contributed by atoms with van der Waals surface area (Å²) in [6, 6.07) is 0.667. The minimum atomic E-state index is 0.0493. The molecule has 0 aromatic carbocycles. The van der Waals surface area contributed by atoms with Gasteiger partial charge in [0.05, 0.1) is 6.61 Å². The zero-order chi connectivity index (χ0) is 11.1. The number of hydrogen-bond donors (Lipinski definition) is 1. The fourth-order valence-electron chi connectivity index (χ4n) is 3.50. The molecule has 2 heteroatoms. The third-order valence-electron chi connectivity index (χ3n) is 5.09. The van der Waals surface area contributed by atoms with Crippen LogP contribution in [0.4, 0.5) is 0 Å². The molecule has 2 spiro atoms. The molecular formula is C14H25NO. The first-order chi connectivity index (χ1) is 7.75. The summed E-state index contributed by atoms with van der Waals surface area (Å²) in [7, 11) is 0. The van der Waals surface area contributed by atoms with E-state index >= 15 is 0 Å². The smallest absolute Gasteiger partial charge is 0.119 e. The molecule has 1 aliphatic heterocycles. The van der Waals surface area contributed by atoms with Crippen molar-refractivity contribution < 1.29 is 4.74 Å². The monoisotopic (exact) mass is 223 g/mol. The molecule has 3 rings (SSSR count). The average Bonchev–Trinajstić information content (AvgIpc) is 3.00. The van der Waals surface area contributed by atoms with Crippen molar-refractivity contribution in [3.05, 3.63) is 0 Å². The largest absolute Gasteiger partial charge is 0.360 e. The van der Waals surface area contributed by atoms with Gasteiger partial charge in [-0.3, -0.25) is 5.32 Å². The van der Waals surface area contributed by atoms with Crippen molar-refractivity contribution in [1.29, 1.82) is 0 Å². The van der Waals surface area contributed by atoms with Crippen molar-refractivity contribution in [2.24, 2.45) is 5.41 Å². The van der Waals surface area contributed by atoms with Crippen LogP contribution in [0.15, 0.2) is 0 Å². The molecule has 16 heavy (non-hydrogen) atoms. The van der Waals surface area contributed by atoms with Gasteiger partial charge >= 0.3 is 0 Å². The van der Waals surface area contributed by atoms with E-state index in [1.54, 1.807) is 0 Å². The lowest BCUT2D eigenvalue weighted by atomic mass is 9.88. The number of hydrogen-bond acceptors (Lipinski definition) is 2. The van der Waals surface area contributed by atoms with Gasteiger partial charge in [0.1, 0.15) is 5.72 Å². The summed E-state index contributed by atoms with van der Waals surface area (Å²) < 4.78 is 6.28. The van der Waals surface area contributed by atoms with Crippen LogP contribution in [0.25, 0.3) is 0 Å². The second-order valence-electron chi connectivity index (χ2n) is 6.28. The molecule has 2 nitrogen and oxygen atoms in total. The molecule has 0 bridgehead atoms. The van der Waals surface area contributed by atoms with E-state index < -0.39 is 0 Å². The highest BCUT2D eigenvalue weighted by Gasteiger charge is 2.54. The Morgan fingerprint density at radius 3 is 2.12 bits per heavy atom. The third-order valence-corrected chi connectivity index (χ3v) is 5.09. The molecule has 0 aromatic heterocycles. The van der Waals surface area contributed by atoms with Crippen molar-refractivity contribution >= 4 is 0 Å². The summed E-state index contributed by atoms with van der Waals surface area (Å²) in [5.74, 6) is 0. The van der Waals surface area contributed by atoms with Crippen molar-refractivity contribution in [1.82, 2.24) is 5.32 Å². The van der Waals surface area contributed by atoms with E-state index in [2.05, 4.69) is 12.2 Å². The fourth-order valence-corrected chi connectivity index (χ4v) is 3.50. The first kappa shape index (κ1) is 11.0. The predicted molar refractivity (Wildman–Crippen MR) is 65.3 cm³/mol. The van der Waals surface area contributed by atoms with Crippen molar-refractivity contribution in [2.45, 2.75) is 76.5 Å². The Hall–Kier alpha value is -0.0800. The molecule has 3 fully saturated rings.